The van der Waals surface area contributed by atoms with Crippen LogP contribution < -0.4 is 0 Å². The molecule has 1 aliphatic heterocycles. The summed E-state index contributed by atoms with van der Waals surface area (Å²) in [5.74, 6) is 1.01. The standard InChI is InChI=1S/C14H18ClNO2S/c1-18-10-14(17)16-7-6-13(19-9-8-16)11-4-2-3-5-12(11)15/h2-5,13H,6-10H2,1H3. The minimum Gasteiger partial charge on any atom is -0.375 e. The molecule has 0 radical (unpaired) electrons. The van der Waals surface area contributed by atoms with E-state index in [9.17, 15) is 4.79 Å². The number of benzene rings is 1. The van der Waals surface area contributed by atoms with Gasteiger partial charge in [-0.1, -0.05) is 29.8 Å². The second kappa shape index (κ2) is 7.17. The molecule has 1 unspecified atom stereocenters. The van der Waals surface area contributed by atoms with Crippen molar-refractivity contribution < 1.29 is 9.53 Å². The van der Waals surface area contributed by atoms with Crippen molar-refractivity contribution in [3.05, 3.63) is 34.9 Å². The van der Waals surface area contributed by atoms with Gasteiger partial charge < -0.3 is 9.64 Å². The average molecular weight is 300 g/mol. The maximum atomic E-state index is 11.8. The van der Waals surface area contributed by atoms with E-state index in [0.29, 0.717) is 5.25 Å². The molecule has 0 aromatic heterocycles. The van der Waals surface area contributed by atoms with Crippen LogP contribution in [0.1, 0.15) is 17.2 Å². The molecule has 1 saturated heterocycles. The van der Waals surface area contributed by atoms with Gasteiger partial charge in [-0.25, -0.2) is 0 Å². The van der Waals surface area contributed by atoms with Crippen molar-refractivity contribution >= 4 is 29.3 Å². The number of carbonyl (C=O) groups excluding carboxylic acids is 1. The summed E-state index contributed by atoms with van der Waals surface area (Å²) in [5, 5.41) is 1.19. The van der Waals surface area contributed by atoms with Gasteiger partial charge in [-0.3, -0.25) is 4.79 Å². The van der Waals surface area contributed by atoms with Gasteiger partial charge >= 0.3 is 0 Å². The van der Waals surface area contributed by atoms with E-state index in [4.69, 9.17) is 16.3 Å². The lowest BCUT2D eigenvalue weighted by atomic mass is 10.1. The Kier molecular flexibility index (Phi) is 5.55. The summed E-state index contributed by atoms with van der Waals surface area (Å²) in [6.07, 6.45) is 0.934. The zero-order valence-corrected chi connectivity index (χ0v) is 12.5. The normalized spacial score (nSPS) is 20.1. The van der Waals surface area contributed by atoms with Crippen LogP contribution in [0.4, 0.5) is 0 Å². The summed E-state index contributed by atoms with van der Waals surface area (Å²) in [5.41, 5.74) is 1.18. The molecule has 1 fully saturated rings. The average Bonchev–Trinajstić information content (AvgIpc) is 2.65. The van der Waals surface area contributed by atoms with Crippen LogP contribution in [0.15, 0.2) is 24.3 Å². The Morgan fingerprint density at radius 2 is 2.26 bits per heavy atom. The van der Waals surface area contributed by atoms with E-state index in [1.54, 1.807) is 7.11 Å². The molecule has 0 saturated carbocycles. The van der Waals surface area contributed by atoms with E-state index in [0.717, 1.165) is 30.3 Å². The molecule has 0 N–H and O–H groups in total. The van der Waals surface area contributed by atoms with Crippen LogP contribution in [0, 0.1) is 0 Å². The number of nitrogens with zero attached hydrogens (tertiary/aromatic N) is 1. The molecule has 1 aromatic carbocycles. The van der Waals surface area contributed by atoms with E-state index in [2.05, 4.69) is 6.07 Å². The molecule has 2 rings (SSSR count). The first-order chi connectivity index (χ1) is 9.22. The van der Waals surface area contributed by atoms with E-state index >= 15 is 0 Å². The van der Waals surface area contributed by atoms with Gasteiger partial charge in [-0.05, 0) is 18.1 Å². The quantitative estimate of drug-likeness (QED) is 0.859. The molecule has 3 nitrogen and oxygen atoms in total. The molecule has 1 amide bonds. The minimum absolute atomic E-state index is 0.0721. The number of thioether (sulfide) groups is 1. The van der Waals surface area contributed by atoms with Crippen LogP contribution in [0.2, 0.25) is 5.02 Å². The van der Waals surface area contributed by atoms with Crippen LogP contribution in [-0.4, -0.2) is 43.4 Å². The van der Waals surface area contributed by atoms with Gasteiger partial charge in [0.2, 0.25) is 5.91 Å². The number of rotatable bonds is 3. The number of hydrogen-bond acceptors (Lipinski definition) is 3. The Balaban J connectivity index is 2.01. The molecule has 104 valence electrons. The van der Waals surface area contributed by atoms with Crippen molar-refractivity contribution in [2.24, 2.45) is 0 Å². The van der Waals surface area contributed by atoms with Gasteiger partial charge in [0.25, 0.3) is 0 Å². The Morgan fingerprint density at radius 3 is 3.00 bits per heavy atom. The summed E-state index contributed by atoms with van der Waals surface area (Å²) in [6.45, 7) is 1.72. The third-order valence-corrected chi connectivity index (χ3v) is 4.87. The van der Waals surface area contributed by atoms with Crippen LogP contribution in [0.5, 0.6) is 0 Å². The first-order valence-corrected chi connectivity index (χ1v) is 7.78. The summed E-state index contributed by atoms with van der Waals surface area (Å²) in [4.78, 5) is 13.7. The van der Waals surface area contributed by atoms with Crippen molar-refractivity contribution in [3.63, 3.8) is 0 Å². The smallest absolute Gasteiger partial charge is 0.248 e. The second-order valence-electron chi connectivity index (χ2n) is 4.48. The lowest BCUT2D eigenvalue weighted by Crippen LogP contribution is -2.35. The van der Waals surface area contributed by atoms with Gasteiger partial charge in [0.05, 0.1) is 0 Å². The van der Waals surface area contributed by atoms with Gasteiger partial charge in [-0.15, -0.1) is 0 Å². The SMILES string of the molecule is COCC(=O)N1CCSC(c2ccccc2Cl)CC1. The Hall–Kier alpha value is -0.710. The summed E-state index contributed by atoms with van der Waals surface area (Å²) < 4.78 is 4.91. The summed E-state index contributed by atoms with van der Waals surface area (Å²) >= 11 is 8.12. The largest absolute Gasteiger partial charge is 0.375 e. The maximum Gasteiger partial charge on any atom is 0.248 e. The maximum absolute atomic E-state index is 11.8. The number of halogens is 1. The fourth-order valence-electron chi connectivity index (χ4n) is 2.22. The predicted molar refractivity (Wildman–Crippen MR) is 79.7 cm³/mol. The highest BCUT2D eigenvalue weighted by Gasteiger charge is 2.22. The van der Waals surface area contributed by atoms with Crippen LogP contribution in [0.25, 0.3) is 0 Å². The highest BCUT2D eigenvalue weighted by molar-refractivity contribution is 7.99. The van der Waals surface area contributed by atoms with E-state index in [1.807, 2.05) is 34.9 Å². The lowest BCUT2D eigenvalue weighted by Gasteiger charge is -2.20. The molecule has 1 aromatic rings. The molecular weight excluding hydrogens is 282 g/mol. The number of methoxy groups -OCH3 is 1. The van der Waals surface area contributed by atoms with Crippen molar-refractivity contribution in [1.29, 1.82) is 0 Å². The third kappa shape index (κ3) is 3.88. The molecular formula is C14H18ClNO2S. The Morgan fingerprint density at radius 1 is 1.47 bits per heavy atom. The van der Waals surface area contributed by atoms with Crippen molar-refractivity contribution in [2.45, 2.75) is 11.7 Å². The first kappa shape index (κ1) is 14.7. The lowest BCUT2D eigenvalue weighted by molar-refractivity contribution is -0.134. The number of carbonyl (C=O) groups is 1. The molecule has 0 aliphatic carbocycles. The van der Waals surface area contributed by atoms with E-state index < -0.39 is 0 Å². The van der Waals surface area contributed by atoms with Crippen molar-refractivity contribution in [2.75, 3.05) is 32.6 Å². The molecule has 5 heteroatoms. The van der Waals surface area contributed by atoms with E-state index in [1.165, 1.54) is 5.56 Å². The zero-order valence-electron chi connectivity index (χ0n) is 11.0. The van der Waals surface area contributed by atoms with Gasteiger partial charge in [-0.2, -0.15) is 11.8 Å². The molecule has 0 bridgehead atoms. The highest BCUT2D eigenvalue weighted by atomic mass is 35.5. The first-order valence-electron chi connectivity index (χ1n) is 6.35. The zero-order chi connectivity index (χ0) is 13.7. The Bertz CT molecular complexity index is 441. The van der Waals surface area contributed by atoms with Crippen LogP contribution in [-0.2, 0) is 9.53 Å². The number of ether oxygens (including phenoxy) is 1. The number of amides is 1. The van der Waals surface area contributed by atoms with Gasteiger partial charge in [0.15, 0.2) is 0 Å². The molecule has 1 aliphatic rings. The summed E-state index contributed by atoms with van der Waals surface area (Å²) in [6, 6.07) is 7.96. The topological polar surface area (TPSA) is 29.5 Å². The van der Waals surface area contributed by atoms with Crippen LogP contribution in [0.3, 0.4) is 0 Å². The predicted octanol–water partition coefficient (Wildman–Crippen LogP) is 2.99. The summed E-state index contributed by atoms with van der Waals surface area (Å²) in [7, 11) is 1.55. The molecule has 1 atom stereocenters. The Labute approximate surface area is 123 Å². The fourth-order valence-corrected chi connectivity index (χ4v) is 3.82. The van der Waals surface area contributed by atoms with Crippen molar-refractivity contribution in [3.8, 4) is 0 Å². The monoisotopic (exact) mass is 299 g/mol. The molecule has 19 heavy (non-hydrogen) atoms. The molecule has 1 heterocycles. The van der Waals surface area contributed by atoms with Gasteiger partial charge in [0.1, 0.15) is 6.61 Å². The van der Waals surface area contributed by atoms with Gasteiger partial charge in [0, 0.05) is 36.2 Å². The number of hydrogen-bond donors (Lipinski definition) is 0. The van der Waals surface area contributed by atoms with E-state index in [-0.39, 0.29) is 12.5 Å². The molecule has 0 spiro atoms. The second-order valence-corrected chi connectivity index (χ2v) is 6.20. The van der Waals surface area contributed by atoms with Crippen molar-refractivity contribution in [1.82, 2.24) is 4.90 Å². The third-order valence-electron chi connectivity index (χ3n) is 3.21. The fraction of sp³-hybridized carbons (Fsp3) is 0.500. The highest BCUT2D eigenvalue weighted by Crippen LogP contribution is 2.37. The van der Waals surface area contributed by atoms with Crippen LogP contribution >= 0.6 is 23.4 Å². The minimum atomic E-state index is 0.0721.